The summed E-state index contributed by atoms with van der Waals surface area (Å²) in [6.07, 6.45) is 1.64. The van der Waals surface area contributed by atoms with E-state index in [0.717, 1.165) is 18.6 Å². The van der Waals surface area contributed by atoms with Crippen LogP contribution in [0.2, 0.25) is 0 Å². The van der Waals surface area contributed by atoms with Crippen molar-refractivity contribution >= 4 is 0 Å². The molecule has 17 heavy (non-hydrogen) atoms. The summed E-state index contributed by atoms with van der Waals surface area (Å²) in [4.78, 5) is 0. The van der Waals surface area contributed by atoms with E-state index >= 15 is 0 Å². The summed E-state index contributed by atoms with van der Waals surface area (Å²) in [6.45, 7) is 4.59. The van der Waals surface area contributed by atoms with Gasteiger partial charge in [-0.3, -0.25) is 0 Å². The molecule has 0 fully saturated rings. The molecule has 1 aromatic rings. The minimum absolute atomic E-state index is 0.448. The summed E-state index contributed by atoms with van der Waals surface area (Å²) < 4.78 is 5.61. The molecule has 0 amide bonds. The van der Waals surface area contributed by atoms with Gasteiger partial charge in [0, 0.05) is 0 Å². The highest BCUT2D eigenvalue weighted by Gasteiger charge is 2.19. The molecule has 1 atom stereocenters. The van der Waals surface area contributed by atoms with Crippen LogP contribution in [0, 0.1) is 18.3 Å². The Bertz CT molecular complexity index is 380. The average Bonchev–Trinajstić information content (AvgIpc) is 2.36. The first kappa shape index (κ1) is 13.5. The van der Waals surface area contributed by atoms with Crippen LogP contribution in [-0.4, -0.2) is 19.2 Å². The van der Waals surface area contributed by atoms with Gasteiger partial charge in [0.15, 0.2) is 0 Å². The fourth-order valence-electron chi connectivity index (χ4n) is 1.49. The Morgan fingerprint density at radius 1 is 1.35 bits per heavy atom. The van der Waals surface area contributed by atoms with Gasteiger partial charge in [-0.05, 0) is 45.9 Å². The molecular formula is C14H20N2O. The van der Waals surface area contributed by atoms with Gasteiger partial charge in [-0.15, -0.1) is 0 Å². The molecule has 0 radical (unpaired) electrons. The van der Waals surface area contributed by atoms with E-state index in [-0.39, 0.29) is 0 Å². The Kier molecular flexibility index (Phi) is 4.99. The first-order chi connectivity index (χ1) is 8.09. The third-order valence-electron chi connectivity index (χ3n) is 2.91. The molecule has 1 aromatic carbocycles. The highest BCUT2D eigenvalue weighted by molar-refractivity contribution is 5.26. The first-order valence-corrected chi connectivity index (χ1v) is 5.89. The summed E-state index contributed by atoms with van der Waals surface area (Å²) in [5.41, 5.74) is 0.779. The molecule has 0 spiro atoms. The Morgan fingerprint density at radius 2 is 2.00 bits per heavy atom. The molecule has 1 unspecified atom stereocenters. The van der Waals surface area contributed by atoms with Crippen molar-refractivity contribution in [3.05, 3.63) is 29.8 Å². The summed E-state index contributed by atoms with van der Waals surface area (Å²) in [5.74, 6) is 0.888. The molecule has 3 heteroatoms. The lowest BCUT2D eigenvalue weighted by Crippen LogP contribution is -2.38. The maximum Gasteiger partial charge on any atom is 0.119 e. The Hall–Kier alpha value is -1.53. The third kappa shape index (κ3) is 4.46. The second-order valence-corrected chi connectivity index (χ2v) is 4.46. The van der Waals surface area contributed by atoms with Crippen molar-refractivity contribution in [3.8, 4) is 11.8 Å². The number of benzene rings is 1. The lowest BCUT2D eigenvalue weighted by molar-refractivity contribution is 0.289. The van der Waals surface area contributed by atoms with Crippen molar-refractivity contribution < 1.29 is 4.74 Å². The van der Waals surface area contributed by atoms with Crippen LogP contribution in [0.4, 0.5) is 0 Å². The number of ether oxygens (including phenoxy) is 1. The van der Waals surface area contributed by atoms with E-state index < -0.39 is 5.54 Å². The van der Waals surface area contributed by atoms with E-state index in [1.54, 1.807) is 0 Å². The predicted octanol–water partition coefficient (Wildman–Crippen LogP) is 2.66. The van der Waals surface area contributed by atoms with Gasteiger partial charge in [0.1, 0.15) is 11.3 Å². The number of hydrogen-bond acceptors (Lipinski definition) is 3. The summed E-state index contributed by atoms with van der Waals surface area (Å²) in [5, 5.41) is 12.0. The first-order valence-electron chi connectivity index (χ1n) is 5.89. The standard InChI is InChI=1S/C14H20N2O/c1-12-5-7-13(8-6-12)17-10-4-9-14(2,11-15)16-3/h5-8,16H,4,9-10H2,1-3H3. The van der Waals surface area contributed by atoms with Crippen molar-refractivity contribution in [3.63, 3.8) is 0 Å². The molecule has 1 N–H and O–H groups in total. The van der Waals surface area contributed by atoms with E-state index in [1.807, 2.05) is 38.2 Å². The molecular weight excluding hydrogens is 212 g/mol. The fraction of sp³-hybridized carbons (Fsp3) is 0.500. The molecule has 92 valence electrons. The molecule has 0 heterocycles. The lowest BCUT2D eigenvalue weighted by Gasteiger charge is -2.20. The molecule has 0 aliphatic heterocycles. The average molecular weight is 232 g/mol. The molecule has 0 saturated heterocycles. The van der Waals surface area contributed by atoms with Crippen molar-refractivity contribution in [2.24, 2.45) is 0 Å². The fourth-order valence-corrected chi connectivity index (χ4v) is 1.49. The topological polar surface area (TPSA) is 45.0 Å². The zero-order chi connectivity index (χ0) is 12.7. The largest absolute Gasteiger partial charge is 0.494 e. The molecule has 0 aromatic heterocycles. The smallest absolute Gasteiger partial charge is 0.119 e. The van der Waals surface area contributed by atoms with E-state index in [2.05, 4.69) is 18.3 Å². The Balaban J connectivity index is 2.29. The SMILES string of the molecule is CNC(C)(C#N)CCCOc1ccc(C)cc1. The summed E-state index contributed by atoms with van der Waals surface area (Å²) >= 11 is 0. The van der Waals surface area contributed by atoms with Gasteiger partial charge in [-0.2, -0.15) is 5.26 Å². The van der Waals surface area contributed by atoms with Gasteiger partial charge >= 0.3 is 0 Å². The van der Waals surface area contributed by atoms with Crippen LogP contribution in [0.25, 0.3) is 0 Å². The molecule has 1 rings (SSSR count). The van der Waals surface area contributed by atoms with Crippen LogP contribution in [0.3, 0.4) is 0 Å². The van der Waals surface area contributed by atoms with Crippen LogP contribution >= 0.6 is 0 Å². The molecule has 0 aliphatic rings. The van der Waals surface area contributed by atoms with Gasteiger partial charge in [0.05, 0.1) is 12.7 Å². The zero-order valence-corrected chi connectivity index (χ0v) is 10.8. The molecule has 3 nitrogen and oxygen atoms in total. The lowest BCUT2D eigenvalue weighted by atomic mass is 9.98. The molecule has 0 saturated carbocycles. The monoisotopic (exact) mass is 232 g/mol. The van der Waals surface area contributed by atoms with Crippen molar-refractivity contribution in [2.75, 3.05) is 13.7 Å². The van der Waals surface area contributed by atoms with Gasteiger partial charge in [-0.25, -0.2) is 0 Å². The van der Waals surface area contributed by atoms with E-state index in [1.165, 1.54) is 5.56 Å². The second kappa shape index (κ2) is 6.27. The molecule has 0 aliphatic carbocycles. The third-order valence-corrected chi connectivity index (χ3v) is 2.91. The number of aryl methyl sites for hydroxylation is 1. The maximum absolute atomic E-state index is 8.98. The number of nitriles is 1. The van der Waals surface area contributed by atoms with Gasteiger partial charge < -0.3 is 10.1 Å². The Morgan fingerprint density at radius 3 is 2.53 bits per heavy atom. The second-order valence-electron chi connectivity index (χ2n) is 4.46. The van der Waals surface area contributed by atoms with Crippen LogP contribution in [0.15, 0.2) is 24.3 Å². The minimum atomic E-state index is -0.448. The molecule has 0 bridgehead atoms. The van der Waals surface area contributed by atoms with E-state index in [4.69, 9.17) is 10.00 Å². The van der Waals surface area contributed by atoms with E-state index in [9.17, 15) is 0 Å². The number of nitrogens with zero attached hydrogens (tertiary/aromatic N) is 1. The highest BCUT2D eigenvalue weighted by Crippen LogP contribution is 2.14. The van der Waals surface area contributed by atoms with E-state index in [0.29, 0.717) is 6.61 Å². The minimum Gasteiger partial charge on any atom is -0.494 e. The normalized spacial score (nSPS) is 13.8. The van der Waals surface area contributed by atoms with Gasteiger partial charge in [-0.1, -0.05) is 17.7 Å². The summed E-state index contributed by atoms with van der Waals surface area (Å²) in [7, 11) is 1.81. The number of nitrogens with one attached hydrogen (secondary N) is 1. The van der Waals surface area contributed by atoms with Crippen LogP contribution < -0.4 is 10.1 Å². The van der Waals surface area contributed by atoms with Crippen molar-refractivity contribution in [1.82, 2.24) is 5.32 Å². The predicted molar refractivity (Wildman–Crippen MR) is 69.0 cm³/mol. The van der Waals surface area contributed by atoms with Crippen LogP contribution in [0.1, 0.15) is 25.3 Å². The quantitative estimate of drug-likeness (QED) is 0.767. The van der Waals surface area contributed by atoms with Crippen LogP contribution in [-0.2, 0) is 0 Å². The van der Waals surface area contributed by atoms with Crippen molar-refractivity contribution in [1.29, 1.82) is 5.26 Å². The highest BCUT2D eigenvalue weighted by atomic mass is 16.5. The Labute approximate surface area is 103 Å². The maximum atomic E-state index is 8.98. The van der Waals surface area contributed by atoms with Crippen LogP contribution in [0.5, 0.6) is 5.75 Å². The number of hydrogen-bond donors (Lipinski definition) is 1. The van der Waals surface area contributed by atoms with Gasteiger partial charge in [0.2, 0.25) is 0 Å². The number of rotatable bonds is 6. The zero-order valence-electron chi connectivity index (χ0n) is 10.8. The van der Waals surface area contributed by atoms with Gasteiger partial charge in [0.25, 0.3) is 0 Å². The van der Waals surface area contributed by atoms with Crippen molar-refractivity contribution in [2.45, 2.75) is 32.2 Å². The summed E-state index contributed by atoms with van der Waals surface area (Å²) in [6, 6.07) is 10.3.